The van der Waals surface area contributed by atoms with E-state index in [0.717, 1.165) is 24.3 Å². The van der Waals surface area contributed by atoms with Crippen LogP contribution >= 0.6 is 0 Å². The summed E-state index contributed by atoms with van der Waals surface area (Å²) in [6.07, 6.45) is -2.84. The molecule has 0 spiro atoms. The standard InChI is InChI=1S/C20H17F3N4O5/c21-20(22,23)14-1-7-18(8-2-14)32-12-17(28)10-24-19(29)13-9-25-26(11-13)15-3-5-16(6-4-15)27(30)31/h1-9,11,17,28H,10,12H2,(H,24,29). The predicted octanol–water partition coefficient (Wildman–Crippen LogP) is 2.97. The molecule has 0 aliphatic heterocycles. The number of nitrogens with one attached hydrogen (secondary N) is 1. The van der Waals surface area contributed by atoms with Gasteiger partial charge in [0, 0.05) is 24.9 Å². The molecule has 0 saturated carbocycles. The first-order valence-corrected chi connectivity index (χ1v) is 9.19. The zero-order chi connectivity index (χ0) is 23.3. The number of alkyl halides is 3. The van der Waals surface area contributed by atoms with Gasteiger partial charge in [0.15, 0.2) is 0 Å². The Balaban J connectivity index is 1.48. The maximum atomic E-state index is 12.5. The van der Waals surface area contributed by atoms with Crippen LogP contribution in [0.15, 0.2) is 60.9 Å². The molecule has 2 aromatic carbocycles. The van der Waals surface area contributed by atoms with Gasteiger partial charge in [0.05, 0.1) is 27.9 Å². The molecule has 32 heavy (non-hydrogen) atoms. The monoisotopic (exact) mass is 450 g/mol. The Labute approximate surface area is 179 Å². The third kappa shape index (κ3) is 5.82. The number of rotatable bonds is 8. The first-order chi connectivity index (χ1) is 15.1. The normalized spacial score (nSPS) is 12.2. The fraction of sp³-hybridized carbons (Fsp3) is 0.200. The number of benzene rings is 2. The highest BCUT2D eigenvalue weighted by Gasteiger charge is 2.30. The third-order valence-electron chi connectivity index (χ3n) is 4.29. The van der Waals surface area contributed by atoms with Crippen LogP contribution in [-0.4, -0.2) is 45.0 Å². The van der Waals surface area contributed by atoms with E-state index in [2.05, 4.69) is 10.4 Å². The lowest BCUT2D eigenvalue weighted by molar-refractivity contribution is -0.384. The fourth-order valence-electron chi connectivity index (χ4n) is 2.61. The van der Waals surface area contributed by atoms with Crippen LogP contribution in [0.25, 0.3) is 5.69 Å². The van der Waals surface area contributed by atoms with Gasteiger partial charge in [0.2, 0.25) is 0 Å². The van der Waals surface area contributed by atoms with Crippen molar-refractivity contribution in [2.45, 2.75) is 12.3 Å². The van der Waals surface area contributed by atoms with Gasteiger partial charge in [-0.25, -0.2) is 4.68 Å². The quantitative estimate of drug-likeness (QED) is 0.402. The summed E-state index contributed by atoms with van der Waals surface area (Å²) in [5.41, 5.74) is -0.183. The highest BCUT2D eigenvalue weighted by atomic mass is 19.4. The number of carbonyl (C=O) groups excluding carboxylic acids is 1. The zero-order valence-electron chi connectivity index (χ0n) is 16.3. The predicted molar refractivity (Wildman–Crippen MR) is 105 cm³/mol. The van der Waals surface area contributed by atoms with Crippen molar-refractivity contribution in [3.05, 3.63) is 82.2 Å². The Bertz CT molecular complexity index is 1080. The molecule has 1 atom stereocenters. The van der Waals surface area contributed by atoms with Crippen LogP contribution in [0.4, 0.5) is 18.9 Å². The molecule has 9 nitrogen and oxygen atoms in total. The number of non-ortho nitro benzene ring substituents is 1. The average molecular weight is 450 g/mol. The second-order valence-electron chi connectivity index (χ2n) is 6.64. The summed E-state index contributed by atoms with van der Waals surface area (Å²) in [5.74, 6) is -0.375. The molecule has 1 heterocycles. The van der Waals surface area contributed by atoms with Crippen molar-refractivity contribution in [2.75, 3.05) is 13.2 Å². The summed E-state index contributed by atoms with van der Waals surface area (Å²) in [6, 6.07) is 9.59. The highest BCUT2D eigenvalue weighted by molar-refractivity contribution is 5.93. The number of nitro benzene ring substituents is 1. The SMILES string of the molecule is O=C(NCC(O)COc1ccc(C(F)(F)F)cc1)c1cnn(-c2ccc([N+](=O)[O-])cc2)c1. The van der Waals surface area contributed by atoms with E-state index in [-0.39, 0.29) is 30.2 Å². The van der Waals surface area contributed by atoms with Gasteiger partial charge in [-0.2, -0.15) is 18.3 Å². The Morgan fingerprint density at radius 2 is 1.84 bits per heavy atom. The van der Waals surface area contributed by atoms with Gasteiger partial charge in [-0.05, 0) is 36.4 Å². The lowest BCUT2D eigenvalue weighted by Crippen LogP contribution is -2.35. The maximum Gasteiger partial charge on any atom is 0.416 e. The van der Waals surface area contributed by atoms with Gasteiger partial charge < -0.3 is 15.2 Å². The summed E-state index contributed by atoms with van der Waals surface area (Å²) in [4.78, 5) is 22.4. The number of nitrogens with zero attached hydrogens (tertiary/aromatic N) is 3. The van der Waals surface area contributed by atoms with Crippen LogP contribution in [0.5, 0.6) is 5.75 Å². The van der Waals surface area contributed by atoms with Crippen molar-refractivity contribution in [1.82, 2.24) is 15.1 Å². The molecule has 1 aromatic heterocycles. The van der Waals surface area contributed by atoms with Gasteiger partial charge in [0.1, 0.15) is 18.5 Å². The summed E-state index contributed by atoms with van der Waals surface area (Å²) in [7, 11) is 0. The van der Waals surface area contributed by atoms with E-state index in [4.69, 9.17) is 4.74 Å². The number of hydrogen-bond donors (Lipinski definition) is 2. The molecule has 1 amide bonds. The maximum absolute atomic E-state index is 12.5. The van der Waals surface area contributed by atoms with E-state index < -0.39 is 28.7 Å². The average Bonchev–Trinajstić information content (AvgIpc) is 3.26. The van der Waals surface area contributed by atoms with Crippen LogP contribution in [0, 0.1) is 10.1 Å². The Morgan fingerprint density at radius 1 is 1.19 bits per heavy atom. The lowest BCUT2D eigenvalue weighted by atomic mass is 10.2. The van der Waals surface area contributed by atoms with E-state index in [1.165, 1.54) is 41.3 Å². The molecule has 3 rings (SSSR count). The number of hydrogen-bond acceptors (Lipinski definition) is 6. The highest BCUT2D eigenvalue weighted by Crippen LogP contribution is 2.30. The number of nitro groups is 1. The molecule has 2 N–H and O–H groups in total. The zero-order valence-corrected chi connectivity index (χ0v) is 16.3. The number of carbonyl (C=O) groups is 1. The van der Waals surface area contributed by atoms with Crippen molar-refractivity contribution < 1.29 is 32.7 Å². The first kappa shape index (κ1) is 22.7. The Hall–Kier alpha value is -3.93. The molecule has 0 saturated heterocycles. The second-order valence-corrected chi connectivity index (χ2v) is 6.64. The molecular formula is C20H17F3N4O5. The minimum Gasteiger partial charge on any atom is -0.491 e. The molecule has 0 aliphatic carbocycles. The molecule has 3 aromatic rings. The van der Waals surface area contributed by atoms with E-state index >= 15 is 0 Å². The van der Waals surface area contributed by atoms with Gasteiger partial charge >= 0.3 is 6.18 Å². The Kier molecular flexibility index (Phi) is 6.73. The number of halogens is 3. The van der Waals surface area contributed by atoms with E-state index in [9.17, 15) is 33.2 Å². The van der Waals surface area contributed by atoms with E-state index in [1.807, 2.05) is 0 Å². The summed E-state index contributed by atoms with van der Waals surface area (Å²) in [5, 5.41) is 27.2. The van der Waals surface area contributed by atoms with Crippen LogP contribution < -0.4 is 10.1 Å². The van der Waals surface area contributed by atoms with Gasteiger partial charge in [-0.1, -0.05) is 0 Å². The van der Waals surface area contributed by atoms with E-state index in [1.54, 1.807) is 0 Å². The summed E-state index contributed by atoms with van der Waals surface area (Å²) >= 11 is 0. The summed E-state index contributed by atoms with van der Waals surface area (Å²) < 4.78 is 44.2. The fourth-order valence-corrected chi connectivity index (χ4v) is 2.61. The van der Waals surface area contributed by atoms with Crippen LogP contribution in [0.3, 0.4) is 0 Å². The number of ether oxygens (including phenoxy) is 1. The molecule has 0 fully saturated rings. The first-order valence-electron chi connectivity index (χ1n) is 9.19. The van der Waals surface area contributed by atoms with Crippen molar-refractivity contribution in [2.24, 2.45) is 0 Å². The van der Waals surface area contributed by atoms with Gasteiger partial charge in [-0.3, -0.25) is 14.9 Å². The van der Waals surface area contributed by atoms with Crippen molar-refractivity contribution in [1.29, 1.82) is 0 Å². The van der Waals surface area contributed by atoms with Crippen molar-refractivity contribution in [3.8, 4) is 11.4 Å². The number of aromatic nitrogens is 2. The van der Waals surface area contributed by atoms with Crippen molar-refractivity contribution in [3.63, 3.8) is 0 Å². The molecule has 0 radical (unpaired) electrons. The third-order valence-corrected chi connectivity index (χ3v) is 4.29. The minimum absolute atomic E-state index is 0.0774. The number of amides is 1. The van der Waals surface area contributed by atoms with Gasteiger partial charge in [0.25, 0.3) is 11.6 Å². The minimum atomic E-state index is -4.45. The lowest BCUT2D eigenvalue weighted by Gasteiger charge is -2.13. The topological polar surface area (TPSA) is 120 Å². The number of aliphatic hydroxyl groups is 1. The van der Waals surface area contributed by atoms with Crippen LogP contribution in [0.2, 0.25) is 0 Å². The Morgan fingerprint density at radius 3 is 2.44 bits per heavy atom. The molecule has 0 bridgehead atoms. The smallest absolute Gasteiger partial charge is 0.416 e. The second kappa shape index (κ2) is 9.47. The largest absolute Gasteiger partial charge is 0.491 e. The molecule has 1 unspecified atom stereocenters. The van der Waals surface area contributed by atoms with Gasteiger partial charge in [-0.15, -0.1) is 0 Å². The van der Waals surface area contributed by atoms with Crippen molar-refractivity contribution >= 4 is 11.6 Å². The van der Waals surface area contributed by atoms with Crippen LogP contribution in [-0.2, 0) is 6.18 Å². The summed E-state index contributed by atoms with van der Waals surface area (Å²) in [6.45, 7) is -0.407. The molecule has 12 heteroatoms. The van der Waals surface area contributed by atoms with Crippen LogP contribution in [0.1, 0.15) is 15.9 Å². The molecule has 0 aliphatic rings. The number of aliphatic hydroxyl groups excluding tert-OH is 1. The molecule has 168 valence electrons. The molecular weight excluding hydrogens is 433 g/mol. The van der Waals surface area contributed by atoms with E-state index in [0.29, 0.717) is 5.69 Å².